The summed E-state index contributed by atoms with van der Waals surface area (Å²) in [7, 11) is 4.78. The molecule has 4 heteroatoms. The average molecular weight is 279 g/mol. The summed E-state index contributed by atoms with van der Waals surface area (Å²) in [6, 6.07) is 4.40. The Labute approximate surface area is 115 Å². The van der Waals surface area contributed by atoms with Crippen LogP contribution in [0.4, 0.5) is 5.69 Å². The third-order valence-electron chi connectivity index (χ3n) is 3.14. The Morgan fingerprint density at radius 3 is 2.28 bits per heavy atom. The van der Waals surface area contributed by atoms with Crippen LogP contribution in [0.3, 0.4) is 0 Å². The lowest BCUT2D eigenvalue weighted by atomic mass is 9.99. The van der Waals surface area contributed by atoms with E-state index < -0.39 is 0 Å². The quantitative estimate of drug-likeness (QED) is 0.798. The van der Waals surface area contributed by atoms with Gasteiger partial charge in [-0.05, 0) is 47.8 Å². The Bertz CT molecular complexity index is 589. The molecular weight excluding hydrogens is 262 g/mol. The number of benzene rings is 1. The third-order valence-corrected chi connectivity index (χ3v) is 4.95. The molecule has 0 radical (unpaired) electrons. The van der Waals surface area contributed by atoms with Crippen molar-refractivity contribution in [3.05, 3.63) is 49.3 Å². The summed E-state index contributed by atoms with van der Waals surface area (Å²) in [5.41, 5.74) is 6.01. The van der Waals surface area contributed by atoms with Crippen LogP contribution in [0.25, 0.3) is 0 Å². The molecule has 2 rings (SSSR count). The average Bonchev–Trinajstić information content (AvgIpc) is 2.69. The van der Waals surface area contributed by atoms with Crippen molar-refractivity contribution in [2.75, 3.05) is 11.9 Å². The van der Waals surface area contributed by atoms with E-state index in [4.69, 9.17) is 0 Å². The maximum atomic E-state index is 11.7. The number of hydrogen-bond donors (Lipinski definition) is 0. The summed E-state index contributed by atoms with van der Waals surface area (Å²) in [6.07, 6.45) is 0. The van der Waals surface area contributed by atoms with Crippen LogP contribution in [0.2, 0.25) is 0 Å². The highest BCUT2D eigenvalue weighted by Crippen LogP contribution is 2.21. The van der Waals surface area contributed by atoms with Gasteiger partial charge in [0.25, 0.3) is 4.74 Å². The van der Waals surface area contributed by atoms with Crippen molar-refractivity contribution in [3.63, 3.8) is 0 Å². The SMILES string of the molecule is Cc1cc(C)c(CN(C)c2cssc2=O)c(C)c1. The lowest BCUT2D eigenvalue weighted by Gasteiger charge is -2.20. The maximum absolute atomic E-state index is 11.7. The van der Waals surface area contributed by atoms with Crippen LogP contribution in [0.1, 0.15) is 22.3 Å². The van der Waals surface area contributed by atoms with Crippen LogP contribution >= 0.6 is 20.7 Å². The summed E-state index contributed by atoms with van der Waals surface area (Å²) in [6.45, 7) is 7.18. The molecule has 0 bridgehead atoms. The molecule has 1 aromatic heterocycles. The van der Waals surface area contributed by atoms with Crippen LogP contribution in [0.15, 0.2) is 22.3 Å². The van der Waals surface area contributed by atoms with Gasteiger partial charge >= 0.3 is 0 Å². The molecule has 1 aromatic carbocycles. The summed E-state index contributed by atoms with van der Waals surface area (Å²) >= 11 is 0. The van der Waals surface area contributed by atoms with Crippen molar-refractivity contribution >= 4 is 26.4 Å². The van der Waals surface area contributed by atoms with E-state index in [1.807, 2.05) is 17.3 Å². The number of rotatable bonds is 3. The van der Waals surface area contributed by atoms with E-state index >= 15 is 0 Å². The molecular formula is C14H17NOS2. The van der Waals surface area contributed by atoms with E-state index in [0.29, 0.717) is 0 Å². The predicted molar refractivity (Wildman–Crippen MR) is 81.2 cm³/mol. The molecule has 0 aliphatic carbocycles. The van der Waals surface area contributed by atoms with Gasteiger partial charge in [-0.25, -0.2) is 0 Å². The van der Waals surface area contributed by atoms with Crippen molar-refractivity contribution in [1.29, 1.82) is 0 Å². The molecule has 0 aliphatic rings. The molecule has 0 spiro atoms. The molecule has 0 saturated heterocycles. The second-order valence-corrected chi connectivity index (χ2v) is 6.75. The summed E-state index contributed by atoms with van der Waals surface area (Å²) < 4.78 is 0.157. The third kappa shape index (κ3) is 2.65. The number of anilines is 1. The second-order valence-electron chi connectivity index (χ2n) is 4.70. The molecule has 2 nitrogen and oxygen atoms in total. The first-order valence-corrected chi connectivity index (χ1v) is 8.06. The van der Waals surface area contributed by atoms with E-state index in [1.165, 1.54) is 42.9 Å². The summed E-state index contributed by atoms with van der Waals surface area (Å²) in [5, 5.41) is 1.94. The van der Waals surface area contributed by atoms with Crippen molar-refractivity contribution < 1.29 is 0 Å². The smallest absolute Gasteiger partial charge is 0.266 e. The molecule has 0 amide bonds. The predicted octanol–water partition coefficient (Wildman–Crippen LogP) is 3.73. The Morgan fingerprint density at radius 2 is 1.78 bits per heavy atom. The fourth-order valence-electron chi connectivity index (χ4n) is 2.23. The van der Waals surface area contributed by atoms with Gasteiger partial charge in [-0.1, -0.05) is 28.0 Å². The summed E-state index contributed by atoms with van der Waals surface area (Å²) in [5.74, 6) is 0. The highest BCUT2D eigenvalue weighted by atomic mass is 32.9. The minimum absolute atomic E-state index is 0.157. The van der Waals surface area contributed by atoms with Crippen LogP contribution < -0.4 is 9.64 Å². The van der Waals surface area contributed by atoms with Gasteiger partial charge in [-0.15, -0.1) is 0 Å². The van der Waals surface area contributed by atoms with Crippen LogP contribution in [-0.4, -0.2) is 7.05 Å². The van der Waals surface area contributed by atoms with Gasteiger partial charge in [-0.2, -0.15) is 0 Å². The fraction of sp³-hybridized carbons (Fsp3) is 0.357. The van der Waals surface area contributed by atoms with Gasteiger partial charge in [0.1, 0.15) is 5.69 Å². The number of hydrogen-bond acceptors (Lipinski definition) is 4. The van der Waals surface area contributed by atoms with E-state index in [-0.39, 0.29) is 4.74 Å². The maximum Gasteiger partial charge on any atom is 0.266 e. The Kier molecular flexibility index (Phi) is 3.88. The molecule has 96 valence electrons. The standard InChI is InChI=1S/C14H17NOS2/c1-9-5-10(2)12(11(3)6-9)7-15(4)13-8-17-18-14(13)16/h5-6,8H,7H2,1-4H3. The van der Waals surface area contributed by atoms with Gasteiger partial charge in [0, 0.05) is 19.0 Å². The van der Waals surface area contributed by atoms with E-state index in [0.717, 1.165) is 12.2 Å². The van der Waals surface area contributed by atoms with Crippen LogP contribution in [-0.2, 0) is 6.54 Å². The second kappa shape index (κ2) is 5.24. The molecule has 0 aliphatic heterocycles. The first kappa shape index (κ1) is 13.3. The van der Waals surface area contributed by atoms with E-state index in [1.54, 1.807) is 0 Å². The highest BCUT2D eigenvalue weighted by Gasteiger charge is 2.11. The van der Waals surface area contributed by atoms with Crippen molar-refractivity contribution in [1.82, 2.24) is 0 Å². The van der Waals surface area contributed by atoms with Gasteiger partial charge in [0.15, 0.2) is 0 Å². The lowest BCUT2D eigenvalue weighted by Crippen LogP contribution is -2.21. The van der Waals surface area contributed by atoms with Crippen molar-refractivity contribution in [3.8, 4) is 0 Å². The Balaban J connectivity index is 2.30. The van der Waals surface area contributed by atoms with E-state index in [9.17, 15) is 4.79 Å². The molecule has 0 atom stereocenters. The van der Waals surface area contributed by atoms with Crippen molar-refractivity contribution in [2.45, 2.75) is 27.3 Å². The topological polar surface area (TPSA) is 20.3 Å². The monoisotopic (exact) mass is 279 g/mol. The molecule has 0 N–H and O–H groups in total. The first-order chi connectivity index (χ1) is 8.49. The minimum atomic E-state index is 0.157. The normalized spacial score (nSPS) is 10.7. The van der Waals surface area contributed by atoms with Crippen LogP contribution in [0.5, 0.6) is 0 Å². The number of aryl methyl sites for hydroxylation is 3. The lowest BCUT2D eigenvalue weighted by molar-refractivity contribution is 0.904. The van der Waals surface area contributed by atoms with Gasteiger partial charge in [0.2, 0.25) is 0 Å². The molecule has 0 fully saturated rings. The Hall–Kier alpha value is -1.13. The highest BCUT2D eigenvalue weighted by molar-refractivity contribution is 7.68. The minimum Gasteiger partial charge on any atom is -0.366 e. The zero-order valence-electron chi connectivity index (χ0n) is 11.1. The zero-order valence-corrected chi connectivity index (χ0v) is 12.7. The summed E-state index contributed by atoms with van der Waals surface area (Å²) in [4.78, 5) is 13.7. The van der Waals surface area contributed by atoms with Gasteiger partial charge in [-0.3, -0.25) is 4.79 Å². The molecule has 0 saturated carbocycles. The largest absolute Gasteiger partial charge is 0.366 e. The number of nitrogens with zero attached hydrogens (tertiary/aromatic N) is 1. The molecule has 0 unspecified atom stereocenters. The molecule has 2 aromatic rings. The van der Waals surface area contributed by atoms with E-state index in [2.05, 4.69) is 32.9 Å². The van der Waals surface area contributed by atoms with Crippen molar-refractivity contribution in [2.24, 2.45) is 0 Å². The fourth-order valence-corrected chi connectivity index (χ4v) is 4.06. The van der Waals surface area contributed by atoms with Gasteiger partial charge < -0.3 is 4.90 Å². The molecule has 1 heterocycles. The first-order valence-electron chi connectivity index (χ1n) is 5.84. The van der Waals surface area contributed by atoms with Crippen LogP contribution in [0, 0.1) is 20.8 Å². The Morgan fingerprint density at radius 1 is 1.17 bits per heavy atom. The van der Waals surface area contributed by atoms with Gasteiger partial charge in [0.05, 0.1) is 0 Å². The zero-order chi connectivity index (χ0) is 13.3. The molecule has 18 heavy (non-hydrogen) atoms.